The lowest BCUT2D eigenvalue weighted by molar-refractivity contribution is 0.368. The molecular formula is C13H16Br2N4O. The van der Waals surface area contributed by atoms with E-state index in [0.717, 1.165) is 28.3 Å². The molecule has 2 aromatic rings. The lowest BCUT2D eigenvalue weighted by atomic mass is 10.2. The van der Waals surface area contributed by atoms with Gasteiger partial charge in [0.25, 0.3) is 0 Å². The van der Waals surface area contributed by atoms with Crippen LogP contribution in [0.1, 0.15) is 26.2 Å². The average Bonchev–Trinajstić information content (AvgIpc) is 2.85. The molecule has 1 unspecified atom stereocenters. The third-order valence-electron chi connectivity index (χ3n) is 2.83. The molecular weight excluding hydrogens is 388 g/mol. The molecule has 0 aromatic carbocycles. The lowest BCUT2D eigenvalue weighted by Crippen LogP contribution is -2.25. The summed E-state index contributed by atoms with van der Waals surface area (Å²) in [5, 5.41) is 7.34. The summed E-state index contributed by atoms with van der Waals surface area (Å²) in [6.07, 6.45) is 3.43. The van der Waals surface area contributed by atoms with Crippen molar-refractivity contribution in [3.8, 4) is 11.5 Å². The third-order valence-corrected chi connectivity index (χ3v) is 3.87. The fourth-order valence-electron chi connectivity index (χ4n) is 1.82. The van der Waals surface area contributed by atoms with E-state index in [-0.39, 0.29) is 0 Å². The van der Waals surface area contributed by atoms with Crippen LogP contribution >= 0.6 is 31.9 Å². The first kappa shape index (κ1) is 15.6. The van der Waals surface area contributed by atoms with Gasteiger partial charge in [-0.25, -0.2) is 0 Å². The molecule has 0 amide bonds. The summed E-state index contributed by atoms with van der Waals surface area (Å²) in [5.74, 6) is 1.15. The van der Waals surface area contributed by atoms with Gasteiger partial charge in [0.1, 0.15) is 5.69 Å². The minimum atomic E-state index is 0.438. The molecule has 0 spiro atoms. The van der Waals surface area contributed by atoms with Crippen LogP contribution in [0, 0.1) is 0 Å². The number of pyridine rings is 1. The number of aromatic nitrogens is 3. The van der Waals surface area contributed by atoms with Crippen molar-refractivity contribution in [1.82, 2.24) is 20.4 Å². The Morgan fingerprint density at radius 2 is 2.20 bits per heavy atom. The molecule has 0 radical (unpaired) electrons. The van der Waals surface area contributed by atoms with Crippen LogP contribution in [0.4, 0.5) is 0 Å². The number of aryl methyl sites for hydroxylation is 1. The molecule has 20 heavy (non-hydrogen) atoms. The SMILES string of the molecule is CCNC(C)CCc1nc(-c2ncc(Br)cc2Br)no1. The Labute approximate surface area is 134 Å². The van der Waals surface area contributed by atoms with Crippen molar-refractivity contribution < 1.29 is 4.52 Å². The van der Waals surface area contributed by atoms with Gasteiger partial charge in [0.05, 0.1) is 0 Å². The molecule has 1 N–H and O–H groups in total. The maximum atomic E-state index is 5.27. The van der Waals surface area contributed by atoms with Crippen LogP contribution in [0.15, 0.2) is 25.7 Å². The molecule has 0 fully saturated rings. The minimum absolute atomic E-state index is 0.438. The first-order chi connectivity index (χ1) is 9.60. The fourth-order valence-corrected chi connectivity index (χ4v) is 2.99. The van der Waals surface area contributed by atoms with Crippen LogP contribution in [0.5, 0.6) is 0 Å². The first-order valence-electron chi connectivity index (χ1n) is 6.47. The van der Waals surface area contributed by atoms with Crippen LogP contribution in [-0.2, 0) is 6.42 Å². The van der Waals surface area contributed by atoms with Gasteiger partial charge in [-0.1, -0.05) is 12.1 Å². The van der Waals surface area contributed by atoms with E-state index < -0.39 is 0 Å². The first-order valence-corrected chi connectivity index (χ1v) is 8.06. The molecule has 2 aromatic heterocycles. The summed E-state index contributed by atoms with van der Waals surface area (Å²) in [7, 11) is 0. The van der Waals surface area contributed by atoms with Crippen LogP contribution in [0.2, 0.25) is 0 Å². The van der Waals surface area contributed by atoms with Crippen molar-refractivity contribution in [2.24, 2.45) is 0 Å². The molecule has 0 aliphatic rings. The Kier molecular flexibility index (Phi) is 5.68. The summed E-state index contributed by atoms with van der Waals surface area (Å²) in [5.41, 5.74) is 0.683. The Bertz CT molecular complexity index is 573. The van der Waals surface area contributed by atoms with Crippen molar-refractivity contribution in [2.45, 2.75) is 32.7 Å². The van der Waals surface area contributed by atoms with Gasteiger partial charge in [0.15, 0.2) is 0 Å². The predicted octanol–water partition coefficient (Wildman–Crippen LogP) is 3.59. The molecule has 5 nitrogen and oxygen atoms in total. The molecule has 0 saturated carbocycles. The van der Waals surface area contributed by atoms with Gasteiger partial charge in [-0.05, 0) is 57.8 Å². The Hall–Kier alpha value is -0.790. The standard InChI is InChI=1S/C13H16Br2N4O/c1-3-16-8(2)4-5-11-18-13(19-20-11)12-10(15)6-9(14)7-17-12/h6-8,16H,3-5H2,1-2H3. The lowest BCUT2D eigenvalue weighted by Gasteiger charge is -2.09. The van der Waals surface area contributed by atoms with E-state index in [9.17, 15) is 0 Å². The number of nitrogens with zero attached hydrogens (tertiary/aromatic N) is 3. The van der Waals surface area contributed by atoms with Crippen molar-refractivity contribution in [3.63, 3.8) is 0 Å². The zero-order valence-corrected chi connectivity index (χ0v) is 14.5. The van der Waals surface area contributed by atoms with Crippen molar-refractivity contribution in [1.29, 1.82) is 0 Å². The smallest absolute Gasteiger partial charge is 0.227 e. The third kappa shape index (κ3) is 4.10. The molecule has 2 heterocycles. The number of halogens is 2. The number of rotatable bonds is 6. The Morgan fingerprint density at radius 3 is 2.90 bits per heavy atom. The van der Waals surface area contributed by atoms with Crippen molar-refractivity contribution >= 4 is 31.9 Å². The van der Waals surface area contributed by atoms with Gasteiger partial charge < -0.3 is 9.84 Å². The maximum Gasteiger partial charge on any atom is 0.227 e. The normalized spacial score (nSPS) is 12.6. The second-order valence-corrected chi connectivity index (χ2v) is 6.26. The van der Waals surface area contributed by atoms with E-state index in [4.69, 9.17) is 4.52 Å². The molecule has 2 rings (SSSR count). The van der Waals surface area contributed by atoms with Crippen LogP contribution < -0.4 is 5.32 Å². The van der Waals surface area contributed by atoms with E-state index >= 15 is 0 Å². The Balaban J connectivity index is 2.05. The number of hydrogen-bond donors (Lipinski definition) is 1. The summed E-state index contributed by atoms with van der Waals surface area (Å²) < 4.78 is 7.00. The average molecular weight is 404 g/mol. The summed E-state index contributed by atoms with van der Waals surface area (Å²) >= 11 is 6.82. The molecule has 0 saturated heterocycles. The van der Waals surface area contributed by atoms with Crippen LogP contribution in [0.3, 0.4) is 0 Å². The highest BCUT2D eigenvalue weighted by atomic mass is 79.9. The second kappa shape index (κ2) is 7.28. The summed E-state index contributed by atoms with van der Waals surface area (Å²) in [6.45, 7) is 5.21. The quantitative estimate of drug-likeness (QED) is 0.798. The second-order valence-electron chi connectivity index (χ2n) is 4.49. The van der Waals surface area contributed by atoms with Gasteiger partial charge in [-0.3, -0.25) is 4.98 Å². The summed E-state index contributed by atoms with van der Waals surface area (Å²) in [4.78, 5) is 8.68. The topological polar surface area (TPSA) is 63.8 Å². The zero-order chi connectivity index (χ0) is 14.5. The van der Waals surface area contributed by atoms with Crippen LogP contribution in [0.25, 0.3) is 11.5 Å². The molecule has 7 heteroatoms. The van der Waals surface area contributed by atoms with Gasteiger partial charge in [-0.15, -0.1) is 0 Å². The largest absolute Gasteiger partial charge is 0.339 e. The monoisotopic (exact) mass is 402 g/mol. The van der Waals surface area contributed by atoms with Crippen molar-refractivity contribution in [2.75, 3.05) is 6.54 Å². The predicted molar refractivity (Wildman–Crippen MR) is 84.4 cm³/mol. The van der Waals surface area contributed by atoms with E-state index in [1.165, 1.54) is 0 Å². The molecule has 0 bridgehead atoms. The highest BCUT2D eigenvalue weighted by Crippen LogP contribution is 2.26. The van der Waals surface area contributed by atoms with Gasteiger partial charge in [-0.2, -0.15) is 4.98 Å². The van der Waals surface area contributed by atoms with E-state index in [0.29, 0.717) is 23.5 Å². The fraction of sp³-hybridized carbons (Fsp3) is 0.462. The van der Waals surface area contributed by atoms with Gasteiger partial charge in [0, 0.05) is 27.6 Å². The maximum absolute atomic E-state index is 5.27. The van der Waals surface area contributed by atoms with Crippen molar-refractivity contribution in [3.05, 3.63) is 27.1 Å². The van der Waals surface area contributed by atoms with E-state index in [1.807, 2.05) is 6.07 Å². The molecule has 1 atom stereocenters. The number of hydrogen-bond acceptors (Lipinski definition) is 5. The summed E-state index contributed by atoms with van der Waals surface area (Å²) in [6, 6.07) is 2.35. The highest BCUT2D eigenvalue weighted by molar-refractivity contribution is 9.11. The highest BCUT2D eigenvalue weighted by Gasteiger charge is 2.14. The van der Waals surface area contributed by atoms with E-state index in [2.05, 4.69) is 66.1 Å². The minimum Gasteiger partial charge on any atom is -0.339 e. The Morgan fingerprint density at radius 1 is 1.40 bits per heavy atom. The molecule has 0 aliphatic carbocycles. The zero-order valence-electron chi connectivity index (χ0n) is 11.4. The van der Waals surface area contributed by atoms with E-state index in [1.54, 1.807) is 6.20 Å². The van der Waals surface area contributed by atoms with Gasteiger partial charge >= 0.3 is 0 Å². The van der Waals surface area contributed by atoms with Gasteiger partial charge in [0.2, 0.25) is 11.7 Å². The number of nitrogens with one attached hydrogen (secondary N) is 1. The molecule has 0 aliphatic heterocycles. The molecule has 108 valence electrons. The van der Waals surface area contributed by atoms with Crippen LogP contribution in [-0.4, -0.2) is 27.7 Å².